The number of halogens is 1. The summed E-state index contributed by atoms with van der Waals surface area (Å²) in [5, 5.41) is 0. The molecule has 0 saturated heterocycles. The molecule has 162 valence electrons. The summed E-state index contributed by atoms with van der Waals surface area (Å²) >= 11 is 0. The highest BCUT2D eigenvalue weighted by Gasteiger charge is 2.08. The van der Waals surface area contributed by atoms with Gasteiger partial charge in [0.1, 0.15) is 6.61 Å². The molecule has 0 spiro atoms. The lowest BCUT2D eigenvalue weighted by atomic mass is 10.1. The van der Waals surface area contributed by atoms with Crippen LogP contribution in [-0.2, 0) is 0 Å². The lowest BCUT2D eigenvalue weighted by molar-refractivity contribution is 0.104. The molecule has 0 atom stereocenters. The van der Waals surface area contributed by atoms with Gasteiger partial charge in [0.25, 0.3) is 0 Å². The lowest BCUT2D eigenvalue weighted by Gasteiger charge is -2.10. The molecule has 0 N–H and O–H groups in total. The van der Waals surface area contributed by atoms with Crippen LogP contribution in [-0.4, -0.2) is 37.4 Å². The largest absolute Gasteiger partial charge is 0.486 e. The van der Waals surface area contributed by atoms with Crippen molar-refractivity contribution in [1.29, 1.82) is 0 Å². The van der Waals surface area contributed by atoms with Gasteiger partial charge >= 0.3 is 0 Å². The van der Waals surface area contributed by atoms with Crippen molar-refractivity contribution in [3.63, 3.8) is 0 Å². The van der Waals surface area contributed by atoms with E-state index in [0.29, 0.717) is 5.56 Å². The summed E-state index contributed by atoms with van der Waals surface area (Å²) in [6.45, 7) is 11.7. The molecular weight excluding hydrogens is 377 g/mol. The van der Waals surface area contributed by atoms with E-state index in [9.17, 15) is 9.18 Å². The number of carbonyl (C=O) groups is 1. The van der Waals surface area contributed by atoms with E-state index in [1.54, 1.807) is 12.1 Å². The Labute approximate surface area is 180 Å². The molecule has 0 aromatic heterocycles. The van der Waals surface area contributed by atoms with Gasteiger partial charge in [0.05, 0.1) is 0 Å². The molecule has 0 fully saturated rings. The maximum atomic E-state index is 14.2. The van der Waals surface area contributed by atoms with Gasteiger partial charge in [-0.1, -0.05) is 47.6 Å². The number of benzene rings is 1. The molecule has 0 aliphatic heterocycles. The van der Waals surface area contributed by atoms with E-state index in [4.69, 9.17) is 4.74 Å². The highest BCUT2D eigenvalue weighted by molar-refractivity contribution is 6.04. The van der Waals surface area contributed by atoms with Crippen LogP contribution < -0.4 is 4.74 Å². The van der Waals surface area contributed by atoms with Crippen LogP contribution in [0.2, 0.25) is 0 Å². The summed E-state index contributed by atoms with van der Waals surface area (Å²) in [6.07, 6.45) is 14.9. The van der Waals surface area contributed by atoms with Crippen molar-refractivity contribution in [3.05, 3.63) is 89.8 Å². The number of nitrogens with zero attached hydrogens (tertiary/aromatic N) is 1. The average Bonchev–Trinajstić information content (AvgIpc) is 2.68. The van der Waals surface area contributed by atoms with E-state index >= 15 is 0 Å². The number of hydrogen-bond acceptors (Lipinski definition) is 3. The minimum atomic E-state index is -0.542. The molecule has 1 aromatic carbocycles. The average molecular weight is 412 g/mol. The van der Waals surface area contributed by atoms with Crippen LogP contribution >= 0.6 is 0 Å². The highest BCUT2D eigenvalue weighted by Crippen LogP contribution is 2.19. The van der Waals surface area contributed by atoms with Crippen molar-refractivity contribution in [3.8, 4) is 5.75 Å². The Morgan fingerprint density at radius 2 is 1.97 bits per heavy atom. The first-order valence-electron chi connectivity index (χ1n) is 10.2. The molecule has 30 heavy (non-hydrogen) atoms. The van der Waals surface area contributed by atoms with Gasteiger partial charge in [-0.15, -0.1) is 6.58 Å². The summed E-state index contributed by atoms with van der Waals surface area (Å²) in [6, 6.07) is 4.29. The molecule has 1 aromatic rings. The Kier molecular flexibility index (Phi) is 12.1. The van der Waals surface area contributed by atoms with Gasteiger partial charge in [-0.05, 0) is 64.9 Å². The second-order valence-corrected chi connectivity index (χ2v) is 7.49. The van der Waals surface area contributed by atoms with E-state index in [2.05, 4.69) is 31.4 Å². The minimum absolute atomic E-state index is 0.134. The molecule has 0 heterocycles. The van der Waals surface area contributed by atoms with E-state index in [1.165, 1.54) is 29.4 Å². The predicted octanol–water partition coefficient (Wildman–Crippen LogP) is 6.31. The quantitative estimate of drug-likeness (QED) is 0.165. The van der Waals surface area contributed by atoms with Crippen LogP contribution in [0, 0.1) is 5.82 Å². The fourth-order valence-electron chi connectivity index (χ4n) is 2.59. The monoisotopic (exact) mass is 411 g/mol. The van der Waals surface area contributed by atoms with Crippen LogP contribution in [0.15, 0.2) is 78.5 Å². The fourth-order valence-corrected chi connectivity index (χ4v) is 2.59. The second kappa shape index (κ2) is 14.3. The highest BCUT2D eigenvalue weighted by atomic mass is 19.1. The van der Waals surface area contributed by atoms with E-state index < -0.39 is 5.82 Å². The van der Waals surface area contributed by atoms with Crippen molar-refractivity contribution >= 4 is 5.78 Å². The number of hydrogen-bond donors (Lipinski definition) is 0. The minimum Gasteiger partial charge on any atom is -0.486 e. The Morgan fingerprint density at radius 1 is 1.20 bits per heavy atom. The standard InChI is InChI=1S/C26H34FNO2/c1-6-17-28(5)18-7-8-19-30-26-16-15-23(20-24(26)27)25(29)14-10-13-22(4)12-9-11-21(2)3/h6-8,10-11,13-16,20H,1,9,12,17-19H2,2-5H3. The number of ether oxygens (including phenoxy) is 1. The molecule has 4 heteroatoms. The zero-order valence-corrected chi connectivity index (χ0v) is 18.7. The molecule has 0 radical (unpaired) electrons. The lowest BCUT2D eigenvalue weighted by Crippen LogP contribution is -2.17. The number of carbonyl (C=O) groups excluding carboxylic acids is 1. The van der Waals surface area contributed by atoms with Crippen molar-refractivity contribution in [2.75, 3.05) is 26.7 Å². The van der Waals surface area contributed by atoms with Crippen LogP contribution in [0.4, 0.5) is 4.39 Å². The second-order valence-electron chi connectivity index (χ2n) is 7.49. The number of ketones is 1. The molecule has 0 amide bonds. The summed E-state index contributed by atoms with van der Waals surface area (Å²) in [7, 11) is 1.98. The van der Waals surface area contributed by atoms with Crippen molar-refractivity contribution in [1.82, 2.24) is 4.90 Å². The molecular formula is C26H34FNO2. The van der Waals surface area contributed by atoms with Gasteiger partial charge in [0.15, 0.2) is 17.3 Å². The van der Waals surface area contributed by atoms with Crippen molar-refractivity contribution < 1.29 is 13.9 Å². The molecule has 0 unspecified atom stereocenters. The summed E-state index contributed by atoms with van der Waals surface area (Å²) < 4.78 is 19.7. The molecule has 1 rings (SSSR count). The maximum absolute atomic E-state index is 14.2. The maximum Gasteiger partial charge on any atom is 0.185 e. The smallest absolute Gasteiger partial charge is 0.185 e. The third-order valence-corrected chi connectivity index (χ3v) is 4.30. The van der Waals surface area contributed by atoms with E-state index in [1.807, 2.05) is 38.3 Å². The first-order chi connectivity index (χ1) is 14.3. The third-order valence-electron chi connectivity index (χ3n) is 4.30. The molecule has 0 aliphatic rings. The van der Waals surface area contributed by atoms with Gasteiger partial charge in [-0.2, -0.15) is 0 Å². The van der Waals surface area contributed by atoms with Gasteiger partial charge < -0.3 is 4.74 Å². The summed E-state index contributed by atoms with van der Waals surface area (Å²) in [5.41, 5.74) is 2.79. The van der Waals surface area contributed by atoms with Crippen LogP contribution in [0.25, 0.3) is 0 Å². The SMILES string of the molecule is C=CCN(C)CC=CCOc1ccc(C(=O)C=CC=C(C)CCC=C(C)C)cc1F. The molecule has 0 aliphatic carbocycles. The van der Waals surface area contributed by atoms with E-state index in [0.717, 1.165) is 25.9 Å². The molecule has 0 saturated carbocycles. The Hall–Kier alpha value is -2.72. The first kappa shape index (κ1) is 25.3. The summed E-state index contributed by atoms with van der Waals surface area (Å²) in [4.78, 5) is 14.3. The Morgan fingerprint density at radius 3 is 2.63 bits per heavy atom. The van der Waals surface area contributed by atoms with Crippen LogP contribution in [0.1, 0.15) is 44.0 Å². The first-order valence-corrected chi connectivity index (χ1v) is 10.2. The topological polar surface area (TPSA) is 29.5 Å². The number of likely N-dealkylation sites (N-methyl/N-ethyl adjacent to an activating group) is 1. The van der Waals surface area contributed by atoms with Gasteiger partial charge in [0.2, 0.25) is 0 Å². The van der Waals surface area contributed by atoms with E-state index in [-0.39, 0.29) is 18.1 Å². The predicted molar refractivity (Wildman–Crippen MR) is 125 cm³/mol. The van der Waals surface area contributed by atoms with Crippen LogP contribution in [0.5, 0.6) is 5.75 Å². The molecule has 3 nitrogen and oxygen atoms in total. The van der Waals surface area contributed by atoms with Crippen LogP contribution in [0.3, 0.4) is 0 Å². The Bertz CT molecular complexity index is 814. The van der Waals surface area contributed by atoms with Gasteiger partial charge in [-0.3, -0.25) is 9.69 Å². The zero-order valence-electron chi connectivity index (χ0n) is 18.7. The fraction of sp³-hybridized carbons (Fsp3) is 0.346. The van der Waals surface area contributed by atoms with Crippen molar-refractivity contribution in [2.24, 2.45) is 0 Å². The normalized spacial score (nSPS) is 12.0. The summed E-state index contributed by atoms with van der Waals surface area (Å²) in [5.74, 6) is -0.645. The van der Waals surface area contributed by atoms with Gasteiger partial charge in [-0.25, -0.2) is 4.39 Å². The van der Waals surface area contributed by atoms with Gasteiger partial charge in [0, 0.05) is 18.7 Å². The third kappa shape index (κ3) is 10.7. The Balaban J connectivity index is 2.55. The van der Waals surface area contributed by atoms with Crippen molar-refractivity contribution in [2.45, 2.75) is 33.6 Å². The number of allylic oxidation sites excluding steroid dienone is 6. The molecule has 0 bridgehead atoms. The number of rotatable bonds is 13. The zero-order chi connectivity index (χ0) is 22.4.